The molecule has 1 saturated heterocycles. The summed E-state index contributed by atoms with van der Waals surface area (Å²) in [7, 11) is 0. The van der Waals surface area contributed by atoms with Crippen LogP contribution in [0.25, 0.3) is 20.7 Å². The molecule has 9 heteroatoms. The molecule has 0 saturated carbocycles. The third kappa shape index (κ3) is 4.75. The number of anilines is 1. The van der Waals surface area contributed by atoms with Gasteiger partial charge >= 0.3 is 0 Å². The van der Waals surface area contributed by atoms with Gasteiger partial charge in [0.15, 0.2) is 0 Å². The first-order chi connectivity index (χ1) is 16.1. The zero-order valence-electron chi connectivity index (χ0n) is 17.9. The van der Waals surface area contributed by atoms with E-state index in [1.807, 2.05) is 29.0 Å². The smallest absolute Gasteiger partial charge is 0.263 e. The molecule has 170 valence electrons. The van der Waals surface area contributed by atoms with Gasteiger partial charge in [-0.1, -0.05) is 36.2 Å². The quantitative estimate of drug-likeness (QED) is 0.383. The van der Waals surface area contributed by atoms with Gasteiger partial charge in [0.2, 0.25) is 5.91 Å². The number of hydrogen-bond acceptors (Lipinski definition) is 6. The van der Waals surface area contributed by atoms with Crippen LogP contribution in [0.1, 0.15) is 25.1 Å². The highest BCUT2D eigenvalue weighted by atomic mass is 35.5. The summed E-state index contributed by atoms with van der Waals surface area (Å²) in [5.74, 6) is 0.322. The molecule has 0 unspecified atom stereocenters. The predicted molar refractivity (Wildman–Crippen MR) is 136 cm³/mol. The third-order valence-electron chi connectivity index (χ3n) is 5.82. The Morgan fingerprint density at radius 3 is 2.67 bits per heavy atom. The normalized spacial score (nSPS) is 14.6. The van der Waals surface area contributed by atoms with Crippen molar-refractivity contribution in [1.29, 1.82) is 0 Å². The number of halogens is 1. The van der Waals surface area contributed by atoms with E-state index in [0.717, 1.165) is 41.2 Å². The Hall–Kier alpha value is -2.52. The lowest BCUT2D eigenvalue weighted by Crippen LogP contribution is -2.36. The Morgan fingerprint density at radius 2 is 1.91 bits per heavy atom. The second-order valence-electron chi connectivity index (χ2n) is 8.09. The molecule has 0 radical (unpaired) electrons. The highest BCUT2D eigenvalue weighted by Gasteiger charge is 2.21. The van der Waals surface area contributed by atoms with Crippen molar-refractivity contribution in [3.63, 3.8) is 0 Å². The molecule has 1 aliphatic heterocycles. The maximum Gasteiger partial charge on any atom is 0.263 e. The van der Waals surface area contributed by atoms with Crippen molar-refractivity contribution in [2.24, 2.45) is 0 Å². The maximum atomic E-state index is 13.7. The van der Waals surface area contributed by atoms with Crippen LogP contribution in [0, 0.1) is 0 Å². The highest BCUT2D eigenvalue weighted by Crippen LogP contribution is 2.34. The van der Waals surface area contributed by atoms with Crippen molar-refractivity contribution in [3.8, 4) is 10.4 Å². The second-order valence-corrected chi connectivity index (χ2v) is 10.3. The average Bonchev–Trinajstić information content (AvgIpc) is 3.49. The van der Waals surface area contributed by atoms with Crippen molar-refractivity contribution in [2.45, 2.75) is 32.4 Å². The molecule has 4 aromatic rings. The molecule has 3 aromatic heterocycles. The summed E-state index contributed by atoms with van der Waals surface area (Å²) >= 11 is 9.27. The van der Waals surface area contributed by atoms with Gasteiger partial charge in [0.25, 0.3) is 5.56 Å². The maximum absolute atomic E-state index is 13.7. The summed E-state index contributed by atoms with van der Waals surface area (Å²) in [5.41, 5.74) is 1.23. The Bertz CT molecular complexity index is 1340. The van der Waals surface area contributed by atoms with Gasteiger partial charge in [0.05, 0.1) is 22.6 Å². The van der Waals surface area contributed by atoms with Crippen LogP contribution in [0.3, 0.4) is 0 Å². The zero-order chi connectivity index (χ0) is 22.8. The molecule has 1 aromatic carbocycles. The Kier molecular flexibility index (Phi) is 6.59. The number of rotatable bonds is 6. The number of piperidine rings is 1. The SMILES string of the molecule is O=C(Cn1c(CN2CCCCC2)nc2scc(-c3cccs3)c2c1=O)Nc1ccccc1Cl. The molecule has 0 bridgehead atoms. The van der Waals surface area contributed by atoms with Crippen molar-refractivity contribution in [1.82, 2.24) is 14.5 Å². The number of thiophene rings is 2. The Morgan fingerprint density at radius 1 is 1.09 bits per heavy atom. The van der Waals surface area contributed by atoms with Crippen LogP contribution >= 0.6 is 34.3 Å². The fraction of sp³-hybridized carbons (Fsp3) is 0.292. The fourth-order valence-electron chi connectivity index (χ4n) is 4.18. The first-order valence-corrected chi connectivity index (χ1v) is 13.1. The fourth-order valence-corrected chi connectivity index (χ4v) is 6.13. The Balaban J connectivity index is 1.54. The minimum absolute atomic E-state index is 0.115. The number of carbonyl (C=O) groups is 1. The first kappa shape index (κ1) is 22.3. The molecule has 1 amide bonds. The van der Waals surface area contributed by atoms with Crippen molar-refractivity contribution in [2.75, 3.05) is 18.4 Å². The van der Waals surface area contributed by atoms with Crippen LogP contribution < -0.4 is 10.9 Å². The van der Waals surface area contributed by atoms with Crippen LogP contribution in [-0.4, -0.2) is 33.4 Å². The van der Waals surface area contributed by atoms with Crippen molar-refractivity contribution >= 4 is 56.1 Å². The van der Waals surface area contributed by atoms with Gasteiger partial charge in [0.1, 0.15) is 17.2 Å². The Labute approximate surface area is 204 Å². The third-order valence-corrected chi connectivity index (χ3v) is 7.93. The summed E-state index contributed by atoms with van der Waals surface area (Å²) in [4.78, 5) is 35.6. The number of para-hydroxylation sites is 1. The van der Waals surface area contributed by atoms with Crippen molar-refractivity contribution in [3.05, 3.63) is 68.4 Å². The number of fused-ring (bicyclic) bond motifs is 1. The summed E-state index contributed by atoms with van der Waals surface area (Å²) in [5, 5.41) is 7.85. The van der Waals surface area contributed by atoms with Crippen LogP contribution in [0.5, 0.6) is 0 Å². The van der Waals surface area contributed by atoms with E-state index in [-0.39, 0.29) is 18.0 Å². The number of benzene rings is 1. The minimum Gasteiger partial charge on any atom is -0.323 e. The molecule has 1 fully saturated rings. The lowest BCUT2D eigenvalue weighted by atomic mass is 10.1. The van der Waals surface area contributed by atoms with Crippen molar-refractivity contribution < 1.29 is 4.79 Å². The molecule has 0 atom stereocenters. The number of aromatic nitrogens is 2. The summed E-state index contributed by atoms with van der Waals surface area (Å²) in [6, 6.07) is 11.0. The highest BCUT2D eigenvalue weighted by molar-refractivity contribution is 7.18. The van der Waals surface area contributed by atoms with Gasteiger partial charge in [-0.2, -0.15) is 0 Å². The average molecular weight is 499 g/mol. The lowest BCUT2D eigenvalue weighted by molar-refractivity contribution is -0.116. The molecule has 5 rings (SSSR count). The molecule has 0 spiro atoms. The molecular weight excluding hydrogens is 476 g/mol. The van der Waals surface area contributed by atoms with E-state index in [4.69, 9.17) is 16.6 Å². The number of nitrogens with zero attached hydrogens (tertiary/aromatic N) is 3. The molecule has 1 aliphatic rings. The van der Waals surface area contributed by atoms with Gasteiger partial charge < -0.3 is 5.32 Å². The van der Waals surface area contributed by atoms with E-state index >= 15 is 0 Å². The van der Waals surface area contributed by atoms with E-state index in [0.29, 0.717) is 28.5 Å². The molecule has 1 N–H and O–H groups in total. The largest absolute Gasteiger partial charge is 0.323 e. The molecule has 0 aliphatic carbocycles. The van der Waals surface area contributed by atoms with E-state index in [2.05, 4.69) is 10.2 Å². The van der Waals surface area contributed by atoms with Gasteiger partial charge in [0, 0.05) is 15.8 Å². The number of nitrogens with one attached hydrogen (secondary N) is 1. The van der Waals surface area contributed by atoms with Crippen LogP contribution in [0.15, 0.2) is 52.0 Å². The molecular formula is C24H23ClN4O2S2. The number of likely N-dealkylation sites (tertiary alicyclic amines) is 1. The molecule has 6 nitrogen and oxygen atoms in total. The van der Waals surface area contributed by atoms with Gasteiger partial charge in [-0.05, 0) is 49.5 Å². The van der Waals surface area contributed by atoms with Gasteiger partial charge in [-0.3, -0.25) is 19.1 Å². The number of hydrogen-bond donors (Lipinski definition) is 1. The first-order valence-electron chi connectivity index (χ1n) is 10.9. The van der Waals surface area contributed by atoms with Crippen LogP contribution in [0.2, 0.25) is 5.02 Å². The second kappa shape index (κ2) is 9.77. The van der Waals surface area contributed by atoms with Gasteiger partial charge in [-0.25, -0.2) is 4.98 Å². The summed E-state index contributed by atoms with van der Waals surface area (Å²) in [6.07, 6.45) is 3.51. The van der Waals surface area contributed by atoms with Crippen LogP contribution in [0.4, 0.5) is 5.69 Å². The molecule has 4 heterocycles. The lowest BCUT2D eigenvalue weighted by Gasteiger charge is -2.27. The molecule has 33 heavy (non-hydrogen) atoms. The predicted octanol–water partition coefficient (Wildman–Crippen LogP) is 5.46. The zero-order valence-corrected chi connectivity index (χ0v) is 20.3. The standard InChI is InChI=1S/C24H23ClN4O2S2/c25-17-7-2-3-8-18(17)26-21(30)14-29-20(13-28-10-4-1-5-11-28)27-23-22(24(29)31)16(15-33-23)19-9-6-12-32-19/h2-3,6-9,12,15H,1,4-5,10-11,13-14H2,(H,26,30). The summed E-state index contributed by atoms with van der Waals surface area (Å²) < 4.78 is 1.53. The van der Waals surface area contributed by atoms with E-state index in [1.54, 1.807) is 29.5 Å². The topological polar surface area (TPSA) is 67.2 Å². The van der Waals surface area contributed by atoms with E-state index < -0.39 is 0 Å². The summed E-state index contributed by atoms with van der Waals surface area (Å²) in [6.45, 7) is 2.39. The minimum atomic E-state index is -0.306. The van der Waals surface area contributed by atoms with E-state index in [1.165, 1.54) is 22.3 Å². The van der Waals surface area contributed by atoms with Gasteiger partial charge in [-0.15, -0.1) is 22.7 Å². The van der Waals surface area contributed by atoms with Crippen LogP contribution in [-0.2, 0) is 17.9 Å². The monoisotopic (exact) mass is 498 g/mol. The number of amides is 1. The number of carbonyl (C=O) groups excluding carboxylic acids is 1. The van der Waals surface area contributed by atoms with E-state index in [9.17, 15) is 9.59 Å².